The van der Waals surface area contributed by atoms with E-state index < -0.39 is 28.7 Å². The molecule has 0 aliphatic carbocycles. The quantitative estimate of drug-likeness (QED) is 0.302. The number of nitrogens with zero attached hydrogens (tertiary/aromatic N) is 5. The van der Waals surface area contributed by atoms with E-state index in [0.29, 0.717) is 24.6 Å². The number of carbonyl (C=O) groups excluding carboxylic acids is 2. The zero-order valence-corrected chi connectivity index (χ0v) is 25.6. The Hall–Kier alpha value is -3.44. The van der Waals surface area contributed by atoms with E-state index in [9.17, 15) is 22.8 Å². The van der Waals surface area contributed by atoms with Gasteiger partial charge in [-0.1, -0.05) is 11.6 Å². The number of benzene rings is 2. The monoisotopic (exact) mass is 637 g/mol. The van der Waals surface area contributed by atoms with Gasteiger partial charge in [0.25, 0.3) is 5.91 Å². The molecule has 43 heavy (non-hydrogen) atoms. The van der Waals surface area contributed by atoms with E-state index in [4.69, 9.17) is 38.6 Å². The summed E-state index contributed by atoms with van der Waals surface area (Å²) in [5.74, 6) is -0.362. The average molecular weight is 638 g/mol. The van der Waals surface area contributed by atoms with Crippen LogP contribution in [0.3, 0.4) is 0 Å². The van der Waals surface area contributed by atoms with Gasteiger partial charge in [-0.15, -0.1) is 0 Å². The van der Waals surface area contributed by atoms with E-state index in [-0.39, 0.29) is 27.8 Å². The second kappa shape index (κ2) is 12.7. The molecule has 1 amide bonds. The summed E-state index contributed by atoms with van der Waals surface area (Å²) in [4.78, 5) is 32.1. The first kappa shape index (κ1) is 32.5. The molecule has 0 N–H and O–H groups in total. The van der Waals surface area contributed by atoms with Gasteiger partial charge < -0.3 is 14.4 Å². The van der Waals surface area contributed by atoms with Crippen molar-refractivity contribution in [2.75, 3.05) is 56.2 Å². The predicted molar refractivity (Wildman–Crippen MR) is 159 cm³/mol. The molecule has 0 aromatic heterocycles. The second-order valence-electron chi connectivity index (χ2n) is 10.7. The van der Waals surface area contributed by atoms with Gasteiger partial charge in [0.2, 0.25) is 0 Å². The van der Waals surface area contributed by atoms with E-state index in [1.165, 1.54) is 24.1 Å². The van der Waals surface area contributed by atoms with Gasteiger partial charge in [-0.3, -0.25) is 24.3 Å². The number of ether oxygens (including phenoxy) is 2. The highest BCUT2D eigenvalue weighted by molar-refractivity contribution is 7.81. The number of rotatable bonds is 8. The minimum atomic E-state index is -4.79. The van der Waals surface area contributed by atoms with Crippen LogP contribution >= 0.6 is 23.8 Å². The van der Waals surface area contributed by atoms with Crippen LogP contribution in [0, 0.1) is 11.3 Å². The summed E-state index contributed by atoms with van der Waals surface area (Å²) in [6.07, 6.45) is -4.79. The summed E-state index contributed by atoms with van der Waals surface area (Å²) in [7, 11) is 1.38. The van der Waals surface area contributed by atoms with Crippen molar-refractivity contribution in [1.82, 2.24) is 9.80 Å². The van der Waals surface area contributed by atoms with Crippen molar-refractivity contribution in [2.24, 2.45) is 0 Å². The molecule has 0 unspecified atom stereocenters. The van der Waals surface area contributed by atoms with E-state index in [2.05, 4.69) is 9.80 Å². The van der Waals surface area contributed by atoms with Crippen molar-refractivity contribution < 1.29 is 32.2 Å². The number of anilines is 2. The first-order chi connectivity index (χ1) is 20.2. The van der Waals surface area contributed by atoms with Gasteiger partial charge in [-0.2, -0.15) is 18.4 Å². The molecule has 2 fully saturated rings. The molecule has 2 aliphatic rings. The molecular weight excluding hydrogens is 607 g/mol. The lowest BCUT2D eigenvalue weighted by molar-refractivity contribution is -0.147. The number of piperazine rings is 1. The molecule has 2 saturated heterocycles. The Kier molecular flexibility index (Phi) is 9.56. The van der Waals surface area contributed by atoms with Crippen molar-refractivity contribution in [3.63, 3.8) is 0 Å². The summed E-state index contributed by atoms with van der Waals surface area (Å²) in [5.41, 5.74) is -2.58. The third-order valence-corrected chi connectivity index (χ3v) is 8.35. The van der Waals surface area contributed by atoms with Crippen LogP contribution in [-0.2, 0) is 20.5 Å². The van der Waals surface area contributed by atoms with Crippen LogP contribution in [0.25, 0.3) is 0 Å². The number of methoxy groups -OCH3 is 1. The summed E-state index contributed by atoms with van der Waals surface area (Å²) < 4.78 is 51.6. The number of hydrogen-bond donors (Lipinski definition) is 0. The average Bonchev–Trinajstić information content (AvgIpc) is 3.15. The molecule has 0 radical (unpaired) electrons. The summed E-state index contributed by atoms with van der Waals surface area (Å²) in [6.45, 7) is 9.07. The van der Waals surface area contributed by atoms with Crippen LogP contribution < -0.4 is 14.5 Å². The van der Waals surface area contributed by atoms with Gasteiger partial charge >= 0.3 is 12.1 Å². The Morgan fingerprint density at radius 2 is 1.79 bits per heavy atom. The molecule has 2 heterocycles. The first-order valence-electron chi connectivity index (χ1n) is 13.5. The molecule has 14 heteroatoms. The fourth-order valence-electron chi connectivity index (χ4n) is 5.18. The fraction of sp³-hybridized carbons (Fsp3) is 0.448. The van der Waals surface area contributed by atoms with Crippen molar-refractivity contribution in [3.8, 4) is 11.8 Å². The van der Waals surface area contributed by atoms with Gasteiger partial charge in [-0.25, -0.2) is 0 Å². The Bertz CT molecular complexity index is 1460. The lowest BCUT2D eigenvalue weighted by Gasteiger charge is -2.36. The third kappa shape index (κ3) is 6.57. The largest absolute Gasteiger partial charge is 0.491 e. The molecule has 230 valence electrons. The number of thiocarbonyl (C=S) groups is 1. The van der Waals surface area contributed by atoms with Crippen molar-refractivity contribution >= 4 is 52.2 Å². The maximum absolute atomic E-state index is 13.6. The number of amides is 1. The van der Waals surface area contributed by atoms with Crippen LogP contribution in [0.5, 0.6) is 5.75 Å². The molecule has 2 aromatic rings. The summed E-state index contributed by atoms with van der Waals surface area (Å²) in [5, 5.41) is 9.38. The molecule has 2 aromatic carbocycles. The van der Waals surface area contributed by atoms with E-state index in [0.717, 1.165) is 43.2 Å². The zero-order valence-electron chi connectivity index (χ0n) is 24.1. The minimum absolute atomic E-state index is 0.0294. The van der Waals surface area contributed by atoms with Gasteiger partial charge in [0.15, 0.2) is 5.11 Å². The van der Waals surface area contributed by atoms with Gasteiger partial charge in [0, 0.05) is 38.4 Å². The van der Waals surface area contributed by atoms with Crippen molar-refractivity contribution in [1.29, 1.82) is 5.26 Å². The Labute approximate surface area is 258 Å². The Morgan fingerprint density at radius 3 is 2.37 bits per heavy atom. The molecule has 0 bridgehead atoms. The highest BCUT2D eigenvalue weighted by Crippen LogP contribution is 2.41. The molecule has 0 spiro atoms. The van der Waals surface area contributed by atoms with Crippen molar-refractivity contribution in [2.45, 2.75) is 38.5 Å². The SMILES string of the molecule is COC(=O)[C@@H](C)N1CCN(CCOc2ccc(N3C(=S)N(c4ccc(C#N)c(C(F)(F)F)c4)C(=O)C3(C)C)cc2Cl)CC1. The normalized spacial score (nSPS) is 18.5. The van der Waals surface area contributed by atoms with E-state index in [1.54, 1.807) is 32.0 Å². The molecule has 4 rings (SSSR count). The molecular formula is C29H31ClF3N5O4S. The van der Waals surface area contributed by atoms with Gasteiger partial charge in [0.05, 0.1) is 35.0 Å². The third-order valence-electron chi connectivity index (χ3n) is 7.69. The molecule has 0 saturated carbocycles. The number of nitriles is 1. The maximum atomic E-state index is 13.6. The van der Waals surface area contributed by atoms with Crippen LogP contribution in [0.15, 0.2) is 36.4 Å². The maximum Gasteiger partial charge on any atom is 0.417 e. The fourth-order valence-corrected chi connectivity index (χ4v) is 5.94. The summed E-state index contributed by atoms with van der Waals surface area (Å²) in [6, 6.07) is 9.21. The van der Waals surface area contributed by atoms with E-state index in [1.807, 2.05) is 6.92 Å². The summed E-state index contributed by atoms with van der Waals surface area (Å²) >= 11 is 12.1. The Morgan fingerprint density at radius 1 is 1.14 bits per heavy atom. The van der Waals surface area contributed by atoms with Crippen LogP contribution in [-0.4, -0.2) is 84.8 Å². The molecule has 1 atom stereocenters. The van der Waals surface area contributed by atoms with E-state index >= 15 is 0 Å². The molecule has 9 nitrogen and oxygen atoms in total. The lowest BCUT2D eigenvalue weighted by atomic mass is 10.0. The highest BCUT2D eigenvalue weighted by Gasteiger charge is 2.51. The smallest absolute Gasteiger partial charge is 0.417 e. The predicted octanol–water partition coefficient (Wildman–Crippen LogP) is 4.71. The van der Waals surface area contributed by atoms with Crippen LogP contribution in [0.4, 0.5) is 24.5 Å². The standard InChI is InChI=1S/C29H31ClF3N5O4S/c1-18(25(39)41-4)36-11-9-35(10-12-36)13-14-42-24-8-7-21(16-23(24)30)38-27(43)37(26(40)28(38,2)3)20-6-5-19(17-34)22(15-20)29(31,32)33/h5-8,15-16,18H,9-14H2,1-4H3/t18-/m1/s1. The Balaban J connectivity index is 1.44. The first-order valence-corrected chi connectivity index (χ1v) is 14.3. The number of halogens is 4. The second-order valence-corrected chi connectivity index (χ2v) is 11.5. The van der Waals surface area contributed by atoms with Gasteiger partial charge in [0.1, 0.15) is 23.9 Å². The van der Waals surface area contributed by atoms with Crippen LogP contribution in [0.1, 0.15) is 31.9 Å². The van der Waals surface area contributed by atoms with Crippen LogP contribution in [0.2, 0.25) is 5.02 Å². The zero-order chi connectivity index (χ0) is 31.7. The topological polar surface area (TPSA) is 89.3 Å². The number of hydrogen-bond acceptors (Lipinski definition) is 8. The van der Waals surface area contributed by atoms with Crippen molar-refractivity contribution in [3.05, 3.63) is 52.5 Å². The minimum Gasteiger partial charge on any atom is -0.491 e. The van der Waals surface area contributed by atoms with Gasteiger partial charge in [-0.05, 0) is 69.4 Å². The number of alkyl halides is 3. The number of esters is 1. The molecule has 2 aliphatic heterocycles. The lowest BCUT2D eigenvalue weighted by Crippen LogP contribution is -2.52. The highest BCUT2D eigenvalue weighted by atomic mass is 35.5. The number of carbonyl (C=O) groups is 2.